The number of aliphatic hydroxyl groups excluding tert-OH is 1. The molecular formula is C15H21NO2S. The molecule has 0 spiro atoms. The van der Waals surface area contributed by atoms with Crippen molar-refractivity contribution in [2.24, 2.45) is 0 Å². The van der Waals surface area contributed by atoms with Gasteiger partial charge in [-0.15, -0.1) is 11.3 Å². The molecule has 3 nitrogen and oxygen atoms in total. The highest BCUT2D eigenvalue weighted by atomic mass is 32.1. The Morgan fingerprint density at radius 3 is 2.74 bits per heavy atom. The molecule has 1 rings (SSSR count). The minimum atomic E-state index is -0.0167. The lowest BCUT2D eigenvalue weighted by Gasteiger charge is -2.13. The Labute approximate surface area is 119 Å². The van der Waals surface area contributed by atoms with Gasteiger partial charge in [-0.25, -0.2) is 0 Å². The van der Waals surface area contributed by atoms with Gasteiger partial charge in [0.25, 0.3) is 5.91 Å². The topological polar surface area (TPSA) is 49.3 Å². The second-order valence-electron chi connectivity index (χ2n) is 4.39. The largest absolute Gasteiger partial charge is 0.395 e. The number of hydrogen-bond acceptors (Lipinski definition) is 3. The summed E-state index contributed by atoms with van der Waals surface area (Å²) in [4.78, 5) is 13.7. The number of thiophene rings is 1. The predicted molar refractivity (Wildman–Crippen MR) is 79.5 cm³/mol. The summed E-state index contributed by atoms with van der Waals surface area (Å²) in [5.74, 6) is 5.87. The number of aliphatic hydroxyl groups is 1. The maximum absolute atomic E-state index is 12.1. The number of nitrogens with one attached hydrogen (secondary N) is 1. The van der Waals surface area contributed by atoms with Crippen LogP contribution in [0.25, 0.3) is 0 Å². The molecule has 0 saturated heterocycles. The van der Waals surface area contributed by atoms with E-state index in [4.69, 9.17) is 5.11 Å². The van der Waals surface area contributed by atoms with Gasteiger partial charge in [0.1, 0.15) is 0 Å². The molecule has 0 bridgehead atoms. The van der Waals surface area contributed by atoms with Gasteiger partial charge < -0.3 is 10.4 Å². The molecular weight excluding hydrogens is 258 g/mol. The quantitative estimate of drug-likeness (QED) is 0.814. The lowest BCUT2D eigenvalue weighted by Crippen LogP contribution is -2.33. The predicted octanol–water partition coefficient (Wildman–Crippen LogP) is 2.71. The van der Waals surface area contributed by atoms with Crippen molar-refractivity contribution in [1.82, 2.24) is 5.32 Å². The molecule has 0 unspecified atom stereocenters. The lowest BCUT2D eigenvalue weighted by atomic mass is 10.1. The van der Waals surface area contributed by atoms with Crippen LogP contribution in [0.4, 0.5) is 0 Å². The standard InChI is InChI=1S/C15H21NO2S/c1-4-12(5-2)16-15(18)14-10-11(3)13(19-14)8-6-7-9-17/h10,12,17H,4-5,7,9H2,1-3H3,(H,16,18). The zero-order chi connectivity index (χ0) is 14.3. The Morgan fingerprint density at radius 1 is 1.47 bits per heavy atom. The van der Waals surface area contributed by atoms with Gasteiger partial charge in [0, 0.05) is 12.5 Å². The minimum absolute atomic E-state index is 0.0167. The fraction of sp³-hybridized carbons (Fsp3) is 0.533. The van der Waals surface area contributed by atoms with Gasteiger partial charge >= 0.3 is 0 Å². The van der Waals surface area contributed by atoms with Crippen molar-refractivity contribution in [2.45, 2.75) is 46.1 Å². The van der Waals surface area contributed by atoms with Crippen LogP contribution in [0.3, 0.4) is 0 Å². The average Bonchev–Trinajstić information content (AvgIpc) is 2.78. The maximum atomic E-state index is 12.1. The molecule has 0 saturated carbocycles. The van der Waals surface area contributed by atoms with Crippen molar-refractivity contribution >= 4 is 17.2 Å². The van der Waals surface area contributed by atoms with Crippen molar-refractivity contribution in [1.29, 1.82) is 0 Å². The van der Waals surface area contributed by atoms with E-state index in [-0.39, 0.29) is 18.6 Å². The van der Waals surface area contributed by atoms with E-state index in [0.29, 0.717) is 11.3 Å². The van der Waals surface area contributed by atoms with E-state index < -0.39 is 0 Å². The summed E-state index contributed by atoms with van der Waals surface area (Å²) in [7, 11) is 0. The highest BCUT2D eigenvalue weighted by Crippen LogP contribution is 2.21. The summed E-state index contributed by atoms with van der Waals surface area (Å²) in [5.41, 5.74) is 1.02. The fourth-order valence-electron chi connectivity index (χ4n) is 1.67. The highest BCUT2D eigenvalue weighted by Gasteiger charge is 2.14. The van der Waals surface area contributed by atoms with Crippen LogP contribution in [0.2, 0.25) is 0 Å². The molecule has 104 valence electrons. The van der Waals surface area contributed by atoms with Crippen LogP contribution in [-0.4, -0.2) is 23.7 Å². The summed E-state index contributed by atoms with van der Waals surface area (Å²) in [6.45, 7) is 6.16. The van der Waals surface area contributed by atoms with Crippen LogP contribution in [0.5, 0.6) is 0 Å². The third-order valence-electron chi connectivity index (χ3n) is 2.90. The third kappa shape index (κ3) is 4.70. The molecule has 4 heteroatoms. The van der Waals surface area contributed by atoms with Gasteiger partial charge in [-0.1, -0.05) is 25.7 Å². The molecule has 0 aromatic carbocycles. The SMILES string of the molecule is CCC(CC)NC(=O)c1cc(C)c(C#CCCO)s1. The van der Waals surface area contributed by atoms with E-state index in [1.54, 1.807) is 0 Å². The molecule has 0 atom stereocenters. The summed E-state index contributed by atoms with van der Waals surface area (Å²) in [6.07, 6.45) is 2.35. The number of carbonyl (C=O) groups excluding carboxylic acids is 1. The highest BCUT2D eigenvalue weighted by molar-refractivity contribution is 7.14. The number of rotatable bonds is 5. The average molecular weight is 279 g/mol. The van der Waals surface area contributed by atoms with Crippen LogP contribution in [0, 0.1) is 18.8 Å². The van der Waals surface area contributed by atoms with E-state index in [1.165, 1.54) is 11.3 Å². The Morgan fingerprint density at radius 2 is 2.16 bits per heavy atom. The zero-order valence-electron chi connectivity index (χ0n) is 11.7. The molecule has 0 aliphatic carbocycles. The lowest BCUT2D eigenvalue weighted by molar-refractivity contribution is 0.0939. The van der Waals surface area contributed by atoms with Gasteiger partial charge in [-0.05, 0) is 31.4 Å². The number of aryl methyl sites for hydroxylation is 1. The van der Waals surface area contributed by atoms with Gasteiger partial charge in [0.15, 0.2) is 0 Å². The van der Waals surface area contributed by atoms with Crippen molar-refractivity contribution in [3.05, 3.63) is 21.4 Å². The first-order valence-electron chi connectivity index (χ1n) is 6.63. The summed E-state index contributed by atoms with van der Waals surface area (Å²) in [5, 5.41) is 11.7. The van der Waals surface area contributed by atoms with Crippen molar-refractivity contribution in [3.8, 4) is 11.8 Å². The van der Waals surface area contributed by atoms with Crippen LogP contribution in [0.1, 0.15) is 53.2 Å². The van der Waals surface area contributed by atoms with E-state index in [2.05, 4.69) is 31.0 Å². The Balaban J connectivity index is 2.78. The van der Waals surface area contributed by atoms with Crippen LogP contribution in [-0.2, 0) is 0 Å². The van der Waals surface area contributed by atoms with Gasteiger partial charge in [0.2, 0.25) is 0 Å². The molecule has 0 aliphatic rings. The second kappa shape index (κ2) is 7.98. The normalized spacial score (nSPS) is 10.2. The zero-order valence-corrected chi connectivity index (χ0v) is 12.6. The Hall–Kier alpha value is -1.31. The molecule has 1 heterocycles. The third-order valence-corrected chi connectivity index (χ3v) is 4.05. The number of hydrogen-bond donors (Lipinski definition) is 2. The summed E-state index contributed by atoms with van der Waals surface area (Å²) in [6, 6.07) is 2.12. The minimum Gasteiger partial charge on any atom is -0.395 e. The Bertz CT molecular complexity index is 478. The molecule has 1 amide bonds. The van der Waals surface area contributed by atoms with E-state index >= 15 is 0 Å². The van der Waals surface area contributed by atoms with Crippen LogP contribution < -0.4 is 5.32 Å². The van der Waals surface area contributed by atoms with Crippen LogP contribution >= 0.6 is 11.3 Å². The molecule has 0 fully saturated rings. The summed E-state index contributed by atoms with van der Waals surface area (Å²) >= 11 is 1.41. The molecule has 0 radical (unpaired) electrons. The van der Waals surface area contributed by atoms with Crippen molar-refractivity contribution in [3.63, 3.8) is 0 Å². The number of carbonyl (C=O) groups is 1. The van der Waals surface area contributed by atoms with Gasteiger partial charge in [-0.2, -0.15) is 0 Å². The van der Waals surface area contributed by atoms with Crippen LogP contribution in [0.15, 0.2) is 6.07 Å². The first-order chi connectivity index (χ1) is 9.12. The number of amides is 1. The first kappa shape index (κ1) is 15.7. The first-order valence-corrected chi connectivity index (χ1v) is 7.45. The maximum Gasteiger partial charge on any atom is 0.261 e. The second-order valence-corrected chi connectivity index (χ2v) is 5.44. The van der Waals surface area contributed by atoms with Gasteiger partial charge in [0.05, 0.1) is 16.4 Å². The monoisotopic (exact) mass is 279 g/mol. The van der Waals surface area contributed by atoms with Crippen molar-refractivity contribution in [2.75, 3.05) is 6.61 Å². The molecule has 1 aromatic heterocycles. The van der Waals surface area contributed by atoms with Gasteiger partial charge in [-0.3, -0.25) is 4.79 Å². The Kier molecular flexibility index (Phi) is 6.61. The van der Waals surface area contributed by atoms with E-state index in [9.17, 15) is 4.79 Å². The fourth-order valence-corrected chi connectivity index (χ4v) is 2.62. The summed E-state index contributed by atoms with van der Waals surface area (Å²) < 4.78 is 0. The molecule has 19 heavy (non-hydrogen) atoms. The van der Waals surface area contributed by atoms with E-state index in [0.717, 1.165) is 23.3 Å². The molecule has 0 aliphatic heterocycles. The smallest absolute Gasteiger partial charge is 0.261 e. The van der Waals surface area contributed by atoms with E-state index in [1.807, 2.05) is 13.0 Å². The molecule has 2 N–H and O–H groups in total. The molecule has 1 aromatic rings. The van der Waals surface area contributed by atoms with Crippen molar-refractivity contribution < 1.29 is 9.90 Å².